The van der Waals surface area contributed by atoms with Crippen LogP contribution in [-0.4, -0.2) is 4.98 Å². The number of rotatable bonds is 2. The zero-order valence-electron chi connectivity index (χ0n) is 11.9. The van der Waals surface area contributed by atoms with Crippen LogP contribution in [0.4, 0.5) is 9.52 Å². The molecule has 0 unspecified atom stereocenters. The van der Waals surface area contributed by atoms with E-state index < -0.39 is 0 Å². The zero-order valence-corrected chi connectivity index (χ0v) is 12.7. The van der Waals surface area contributed by atoms with Crippen LogP contribution < -0.4 is 5.73 Å². The van der Waals surface area contributed by atoms with Gasteiger partial charge in [0.1, 0.15) is 5.82 Å². The Kier molecular flexibility index (Phi) is 3.01. The molecule has 1 heterocycles. The molecule has 0 fully saturated rings. The highest BCUT2D eigenvalue weighted by atomic mass is 32.1. The third-order valence-electron chi connectivity index (χ3n) is 4.51. The lowest BCUT2D eigenvalue weighted by atomic mass is 9.75. The maximum absolute atomic E-state index is 13.3. The molecule has 0 saturated heterocycles. The highest BCUT2D eigenvalue weighted by Crippen LogP contribution is 2.45. The lowest BCUT2D eigenvalue weighted by molar-refractivity contribution is 0.532. The van der Waals surface area contributed by atoms with Crippen molar-refractivity contribution in [3.63, 3.8) is 0 Å². The van der Waals surface area contributed by atoms with Crippen molar-refractivity contribution in [2.45, 2.75) is 18.3 Å². The van der Waals surface area contributed by atoms with Gasteiger partial charge < -0.3 is 5.73 Å². The van der Waals surface area contributed by atoms with Gasteiger partial charge in [0.05, 0.1) is 5.69 Å². The molecular formula is C18H15FN2S. The quantitative estimate of drug-likeness (QED) is 0.778. The van der Waals surface area contributed by atoms with Crippen molar-refractivity contribution >= 4 is 16.5 Å². The summed E-state index contributed by atoms with van der Waals surface area (Å²) in [6.45, 7) is 0. The number of hydrogen-bond donors (Lipinski definition) is 1. The summed E-state index contributed by atoms with van der Waals surface area (Å²) in [4.78, 5) is 4.55. The number of halogens is 1. The maximum Gasteiger partial charge on any atom is 0.180 e. The van der Waals surface area contributed by atoms with E-state index in [-0.39, 0.29) is 11.2 Å². The van der Waals surface area contributed by atoms with Gasteiger partial charge in [-0.3, -0.25) is 0 Å². The van der Waals surface area contributed by atoms with E-state index in [1.165, 1.54) is 34.6 Å². The third kappa shape index (κ3) is 2.03. The molecule has 2 N–H and O–H groups in total. The SMILES string of the molecule is Nc1nc(C2(c3ccc(F)cc3)Cc3ccccc3C2)cs1. The van der Waals surface area contributed by atoms with Gasteiger partial charge in [-0.15, -0.1) is 11.3 Å². The summed E-state index contributed by atoms with van der Waals surface area (Å²) in [5.41, 5.74) is 10.4. The summed E-state index contributed by atoms with van der Waals surface area (Å²) in [7, 11) is 0. The van der Waals surface area contributed by atoms with Crippen LogP contribution in [0, 0.1) is 5.82 Å². The highest BCUT2D eigenvalue weighted by Gasteiger charge is 2.42. The molecule has 110 valence electrons. The second-order valence-electron chi connectivity index (χ2n) is 5.78. The average molecular weight is 310 g/mol. The molecule has 0 atom stereocenters. The van der Waals surface area contributed by atoms with Crippen molar-refractivity contribution < 1.29 is 4.39 Å². The first-order chi connectivity index (χ1) is 10.7. The first-order valence-electron chi connectivity index (χ1n) is 7.22. The summed E-state index contributed by atoms with van der Waals surface area (Å²) in [6.07, 6.45) is 1.75. The molecule has 1 aromatic heterocycles. The number of fused-ring (bicyclic) bond motifs is 1. The molecule has 2 aromatic carbocycles. The van der Waals surface area contributed by atoms with E-state index in [0.29, 0.717) is 5.13 Å². The van der Waals surface area contributed by atoms with Gasteiger partial charge in [-0.2, -0.15) is 0 Å². The minimum Gasteiger partial charge on any atom is -0.375 e. The van der Waals surface area contributed by atoms with Crippen LogP contribution in [-0.2, 0) is 18.3 Å². The van der Waals surface area contributed by atoms with E-state index in [9.17, 15) is 4.39 Å². The van der Waals surface area contributed by atoms with Crippen molar-refractivity contribution in [3.8, 4) is 0 Å². The molecule has 1 aliphatic carbocycles. The summed E-state index contributed by atoms with van der Waals surface area (Å²) in [6, 6.07) is 15.2. The molecule has 2 nitrogen and oxygen atoms in total. The Morgan fingerprint density at radius 1 is 1.00 bits per heavy atom. The Labute approximate surface area is 132 Å². The number of benzene rings is 2. The molecule has 0 radical (unpaired) electrons. The second-order valence-corrected chi connectivity index (χ2v) is 6.67. The third-order valence-corrected chi connectivity index (χ3v) is 5.19. The topological polar surface area (TPSA) is 38.9 Å². The highest BCUT2D eigenvalue weighted by molar-refractivity contribution is 7.13. The standard InChI is InChI=1S/C18H15FN2S/c19-15-7-5-14(6-8-15)18(16-11-22-17(20)21-16)9-12-3-1-2-4-13(12)10-18/h1-8,11H,9-10H2,(H2,20,21). The van der Waals surface area contributed by atoms with Gasteiger partial charge in [0.2, 0.25) is 0 Å². The van der Waals surface area contributed by atoms with Crippen molar-refractivity contribution in [3.05, 3.63) is 82.1 Å². The molecule has 4 heteroatoms. The van der Waals surface area contributed by atoms with Gasteiger partial charge in [0.25, 0.3) is 0 Å². The van der Waals surface area contributed by atoms with Gasteiger partial charge in [-0.25, -0.2) is 9.37 Å². The summed E-state index contributed by atoms with van der Waals surface area (Å²) in [5, 5.41) is 2.61. The fourth-order valence-corrected chi connectivity index (χ4v) is 4.09. The molecular weight excluding hydrogens is 295 g/mol. The van der Waals surface area contributed by atoms with Crippen molar-refractivity contribution in [2.24, 2.45) is 0 Å². The normalized spacial score (nSPS) is 15.7. The van der Waals surface area contributed by atoms with Gasteiger partial charge in [0, 0.05) is 10.8 Å². The van der Waals surface area contributed by atoms with Crippen LogP contribution in [0.1, 0.15) is 22.4 Å². The number of anilines is 1. The van der Waals surface area contributed by atoms with Gasteiger partial charge in [-0.1, -0.05) is 36.4 Å². The lowest BCUT2D eigenvalue weighted by Crippen LogP contribution is -2.29. The minimum absolute atomic E-state index is 0.216. The number of hydrogen-bond acceptors (Lipinski definition) is 3. The maximum atomic E-state index is 13.3. The number of nitrogens with two attached hydrogens (primary N) is 1. The Morgan fingerprint density at radius 3 is 2.18 bits per heavy atom. The first-order valence-corrected chi connectivity index (χ1v) is 8.10. The number of aromatic nitrogens is 1. The van der Waals surface area contributed by atoms with E-state index in [2.05, 4.69) is 29.2 Å². The zero-order chi connectivity index (χ0) is 15.2. The van der Waals surface area contributed by atoms with Gasteiger partial charge in [-0.05, 0) is 41.7 Å². The predicted octanol–water partition coefficient (Wildman–Crippen LogP) is 3.95. The first kappa shape index (κ1) is 13.5. The molecule has 1 aliphatic rings. The fourth-order valence-electron chi connectivity index (χ4n) is 3.42. The second kappa shape index (κ2) is 4.92. The van der Waals surface area contributed by atoms with E-state index in [1.807, 2.05) is 17.5 Å². The van der Waals surface area contributed by atoms with Crippen LogP contribution in [0.3, 0.4) is 0 Å². The predicted molar refractivity (Wildman–Crippen MR) is 87.6 cm³/mol. The molecule has 0 bridgehead atoms. The monoisotopic (exact) mass is 310 g/mol. The Bertz CT molecular complexity index is 798. The van der Waals surface area contributed by atoms with Crippen LogP contribution in [0.2, 0.25) is 0 Å². The van der Waals surface area contributed by atoms with E-state index >= 15 is 0 Å². The molecule has 0 amide bonds. The number of thiazole rings is 1. The van der Waals surface area contributed by atoms with Crippen molar-refractivity contribution in [2.75, 3.05) is 5.73 Å². The largest absolute Gasteiger partial charge is 0.375 e. The lowest BCUT2D eigenvalue weighted by Gasteiger charge is -2.28. The summed E-state index contributed by atoms with van der Waals surface area (Å²) in [5.74, 6) is -0.216. The number of nitrogens with zero attached hydrogens (tertiary/aromatic N) is 1. The smallest absolute Gasteiger partial charge is 0.180 e. The average Bonchev–Trinajstić information content (AvgIpc) is 3.12. The molecule has 0 saturated carbocycles. The van der Waals surface area contributed by atoms with Crippen LogP contribution in [0.25, 0.3) is 0 Å². The minimum atomic E-state index is -0.245. The molecule has 4 rings (SSSR count). The fraction of sp³-hybridized carbons (Fsp3) is 0.167. The molecule has 0 spiro atoms. The Balaban J connectivity index is 1.89. The van der Waals surface area contributed by atoms with Crippen molar-refractivity contribution in [1.29, 1.82) is 0 Å². The van der Waals surface area contributed by atoms with Crippen LogP contribution in [0.15, 0.2) is 53.9 Å². The summed E-state index contributed by atoms with van der Waals surface area (Å²) < 4.78 is 13.3. The summed E-state index contributed by atoms with van der Waals surface area (Å²) >= 11 is 1.46. The van der Waals surface area contributed by atoms with Crippen LogP contribution in [0.5, 0.6) is 0 Å². The van der Waals surface area contributed by atoms with E-state index in [0.717, 1.165) is 24.1 Å². The van der Waals surface area contributed by atoms with Crippen LogP contribution >= 0.6 is 11.3 Å². The van der Waals surface area contributed by atoms with Crippen molar-refractivity contribution in [1.82, 2.24) is 4.98 Å². The molecule has 22 heavy (non-hydrogen) atoms. The molecule has 0 aliphatic heterocycles. The van der Waals surface area contributed by atoms with Gasteiger partial charge in [0.15, 0.2) is 5.13 Å². The van der Waals surface area contributed by atoms with Gasteiger partial charge >= 0.3 is 0 Å². The Morgan fingerprint density at radius 2 is 1.64 bits per heavy atom. The molecule has 3 aromatic rings. The van der Waals surface area contributed by atoms with E-state index in [4.69, 9.17) is 5.73 Å². The number of nitrogen functional groups attached to an aromatic ring is 1. The Hall–Kier alpha value is -2.20. The van der Waals surface area contributed by atoms with E-state index in [1.54, 1.807) is 0 Å².